The Bertz CT molecular complexity index is 1470. The molecule has 0 radical (unpaired) electrons. The van der Waals surface area contributed by atoms with Crippen molar-refractivity contribution in [2.75, 3.05) is 18.4 Å². The molecule has 242 valence electrons. The maximum atomic E-state index is 15.3. The number of hydrogen-bond acceptors (Lipinski definition) is 8. The number of alkyl carbamates (subject to hydrolysis) is 1. The first-order valence-electron chi connectivity index (χ1n) is 15.6. The molecule has 1 spiro atoms. The third-order valence-electron chi connectivity index (χ3n) is 10.1. The molecule has 12 nitrogen and oxygen atoms in total. The van der Waals surface area contributed by atoms with Gasteiger partial charge >= 0.3 is 6.09 Å². The summed E-state index contributed by atoms with van der Waals surface area (Å²) in [6.45, 7) is 10.6. The first-order chi connectivity index (χ1) is 21.0. The number of alkyl halides is 1. The minimum Gasteiger partial charge on any atom is -0.472 e. The Kier molecular flexibility index (Phi) is 7.29. The van der Waals surface area contributed by atoms with Crippen LogP contribution < -0.4 is 15.4 Å². The molecular weight excluding hydrogens is 583 g/mol. The topological polar surface area (TPSA) is 154 Å². The number of aromatic nitrogens is 1. The van der Waals surface area contributed by atoms with Crippen LogP contribution in [0.3, 0.4) is 0 Å². The summed E-state index contributed by atoms with van der Waals surface area (Å²) in [5.74, 6) is -1.82. The lowest BCUT2D eigenvalue weighted by Crippen LogP contribution is -2.60. The summed E-state index contributed by atoms with van der Waals surface area (Å²) in [4.78, 5) is 62.2. The van der Waals surface area contributed by atoms with Crippen LogP contribution in [0.1, 0.15) is 60.8 Å². The van der Waals surface area contributed by atoms with Gasteiger partial charge in [0.1, 0.15) is 29.9 Å². The lowest BCUT2D eigenvalue weighted by Gasteiger charge is -2.39. The lowest BCUT2D eigenvalue weighted by atomic mass is 9.77. The number of hydrogen-bond donors (Lipinski definition) is 2. The van der Waals surface area contributed by atoms with E-state index in [0.29, 0.717) is 18.6 Å². The quantitative estimate of drug-likeness (QED) is 0.520. The van der Waals surface area contributed by atoms with Crippen molar-refractivity contribution in [3.8, 4) is 11.8 Å². The molecule has 5 aliphatic rings. The smallest absolute Gasteiger partial charge is 0.408 e. The van der Waals surface area contributed by atoms with Gasteiger partial charge in [-0.2, -0.15) is 5.26 Å². The Labute approximate surface area is 262 Å². The molecule has 2 bridgehead atoms. The number of carbonyl (C=O) groups excluding carboxylic acids is 4. The Balaban J connectivity index is 1.33. The van der Waals surface area contributed by atoms with E-state index in [9.17, 15) is 24.4 Å². The molecule has 13 heteroatoms. The zero-order chi connectivity index (χ0) is 32.6. The molecule has 4 heterocycles. The molecule has 3 aliphatic heterocycles. The molecule has 2 N–H and O–H groups in total. The number of nitriles is 1. The standard InChI is InChI=1S/C32H41FN6O6/c1-30(2,3)24(36-29(43)45-31(4,5)6)27(41)38-14-19-16-10-18(20(33)11-16)22(19)23(38)26(40)39-15-32(12-17(39)13-34)28(42)37-25-21(44-32)8-7-9-35-25/h7-9,16-20,22-24H,10-12,14-15H2,1-6H3,(H,36,43)(H,35,37,42)/t16-,17-,18+,19+,20+,22-,23-,24+,32+/m0/s1. The summed E-state index contributed by atoms with van der Waals surface area (Å²) in [5.41, 5.74) is -3.08. The normalized spacial score (nSPS) is 34.0. The molecule has 0 aromatic carbocycles. The largest absolute Gasteiger partial charge is 0.472 e. The number of carbonyl (C=O) groups is 4. The van der Waals surface area contributed by atoms with Crippen LogP contribution in [0.2, 0.25) is 0 Å². The van der Waals surface area contributed by atoms with E-state index in [2.05, 4.69) is 21.7 Å². The number of halogens is 1. The number of pyridine rings is 1. The van der Waals surface area contributed by atoms with Crippen LogP contribution in [-0.4, -0.2) is 87.2 Å². The average molecular weight is 625 g/mol. The molecular formula is C32H41FN6O6. The molecule has 2 saturated carbocycles. The fourth-order valence-electron chi connectivity index (χ4n) is 8.16. The summed E-state index contributed by atoms with van der Waals surface area (Å²) in [7, 11) is 0. The van der Waals surface area contributed by atoms with Crippen molar-refractivity contribution in [2.24, 2.45) is 29.1 Å². The van der Waals surface area contributed by atoms with Crippen LogP contribution in [0.15, 0.2) is 18.3 Å². The number of nitrogens with one attached hydrogen (secondary N) is 2. The predicted octanol–water partition coefficient (Wildman–Crippen LogP) is 3.04. The molecule has 1 aromatic heterocycles. The van der Waals surface area contributed by atoms with Gasteiger partial charge in [0.2, 0.25) is 17.4 Å². The van der Waals surface area contributed by atoms with Crippen molar-refractivity contribution in [1.29, 1.82) is 5.26 Å². The number of amides is 4. The van der Waals surface area contributed by atoms with Crippen molar-refractivity contribution in [2.45, 2.75) is 96.3 Å². The van der Waals surface area contributed by atoms with Crippen LogP contribution in [0.4, 0.5) is 15.0 Å². The molecule has 45 heavy (non-hydrogen) atoms. The van der Waals surface area contributed by atoms with E-state index in [1.807, 2.05) is 20.8 Å². The van der Waals surface area contributed by atoms with E-state index < -0.39 is 76.6 Å². The van der Waals surface area contributed by atoms with E-state index >= 15 is 4.39 Å². The van der Waals surface area contributed by atoms with E-state index in [-0.39, 0.29) is 37.2 Å². The molecule has 6 rings (SSSR count). The average Bonchev–Trinajstić information content (AvgIpc) is 3.69. The minimum absolute atomic E-state index is 0.0307. The monoisotopic (exact) mass is 624 g/mol. The second-order valence-electron chi connectivity index (χ2n) is 15.2. The molecule has 0 unspecified atom stereocenters. The van der Waals surface area contributed by atoms with Gasteiger partial charge in [0.25, 0.3) is 5.91 Å². The fourth-order valence-corrected chi connectivity index (χ4v) is 8.16. The highest BCUT2D eigenvalue weighted by atomic mass is 19.1. The third kappa shape index (κ3) is 5.25. The Morgan fingerprint density at radius 3 is 2.60 bits per heavy atom. The van der Waals surface area contributed by atoms with Gasteiger partial charge in [-0.25, -0.2) is 14.2 Å². The SMILES string of the molecule is CC(C)(C)OC(=O)N[C@H](C(=O)N1C[C@@H]2[C@H]3C[C@@H]([C@@H]2[C@H]1C(=O)N1C[C@@]2(C[C@H]1C#N)Oc1cccnc1NC2=O)[C@H](F)C3)C(C)(C)C. The summed E-state index contributed by atoms with van der Waals surface area (Å²) >= 11 is 0. The Hall–Kier alpha value is -3.95. The van der Waals surface area contributed by atoms with Gasteiger partial charge in [-0.15, -0.1) is 0 Å². The van der Waals surface area contributed by atoms with Crippen molar-refractivity contribution < 1.29 is 33.0 Å². The zero-order valence-corrected chi connectivity index (χ0v) is 26.5. The fraction of sp³-hybridized carbons (Fsp3) is 0.688. The van der Waals surface area contributed by atoms with Gasteiger partial charge in [-0.05, 0) is 74.8 Å². The molecule has 1 aromatic rings. The maximum absolute atomic E-state index is 15.3. The number of fused-ring (bicyclic) bond motifs is 6. The van der Waals surface area contributed by atoms with Gasteiger partial charge < -0.3 is 29.9 Å². The van der Waals surface area contributed by atoms with Crippen LogP contribution in [0.5, 0.6) is 5.75 Å². The molecule has 9 atom stereocenters. The highest BCUT2D eigenvalue weighted by Crippen LogP contribution is 2.59. The van der Waals surface area contributed by atoms with Crippen molar-refractivity contribution in [1.82, 2.24) is 20.1 Å². The van der Waals surface area contributed by atoms with Gasteiger partial charge in [-0.3, -0.25) is 14.4 Å². The number of nitrogens with zero attached hydrogens (tertiary/aromatic N) is 4. The number of likely N-dealkylation sites (tertiary alicyclic amines) is 2. The lowest BCUT2D eigenvalue weighted by molar-refractivity contribution is -0.149. The molecule has 4 amide bonds. The summed E-state index contributed by atoms with van der Waals surface area (Å²) in [6.07, 6.45) is 0.620. The van der Waals surface area contributed by atoms with Gasteiger partial charge in [0.15, 0.2) is 11.6 Å². The van der Waals surface area contributed by atoms with Gasteiger partial charge in [0, 0.05) is 19.2 Å². The van der Waals surface area contributed by atoms with E-state index in [1.54, 1.807) is 32.9 Å². The minimum atomic E-state index is -1.53. The second-order valence-corrected chi connectivity index (χ2v) is 15.2. The van der Waals surface area contributed by atoms with Gasteiger partial charge in [0.05, 0.1) is 12.6 Å². The predicted molar refractivity (Wildman–Crippen MR) is 158 cm³/mol. The number of anilines is 1. The molecule has 2 saturated heterocycles. The van der Waals surface area contributed by atoms with Gasteiger partial charge in [-0.1, -0.05) is 20.8 Å². The van der Waals surface area contributed by atoms with Crippen molar-refractivity contribution >= 4 is 29.6 Å². The first kappa shape index (κ1) is 31.0. The zero-order valence-electron chi connectivity index (χ0n) is 26.5. The third-order valence-corrected chi connectivity index (χ3v) is 10.1. The Morgan fingerprint density at radius 2 is 1.93 bits per heavy atom. The van der Waals surface area contributed by atoms with E-state index in [0.717, 1.165) is 0 Å². The summed E-state index contributed by atoms with van der Waals surface area (Å²) < 4.78 is 26.9. The number of ether oxygens (including phenoxy) is 2. The number of rotatable bonds is 3. The van der Waals surface area contributed by atoms with Crippen LogP contribution in [0, 0.1) is 40.4 Å². The molecule has 4 fully saturated rings. The van der Waals surface area contributed by atoms with Crippen LogP contribution in [0.25, 0.3) is 0 Å². The van der Waals surface area contributed by atoms with E-state index in [1.165, 1.54) is 16.0 Å². The highest BCUT2D eigenvalue weighted by molar-refractivity contribution is 6.01. The molecule has 2 aliphatic carbocycles. The second kappa shape index (κ2) is 10.6. The van der Waals surface area contributed by atoms with Crippen molar-refractivity contribution in [3.05, 3.63) is 18.3 Å². The van der Waals surface area contributed by atoms with Crippen LogP contribution in [-0.2, 0) is 19.1 Å². The summed E-state index contributed by atoms with van der Waals surface area (Å²) in [5, 5.41) is 15.6. The Morgan fingerprint density at radius 1 is 1.20 bits per heavy atom. The van der Waals surface area contributed by atoms with E-state index in [4.69, 9.17) is 9.47 Å². The van der Waals surface area contributed by atoms with Crippen molar-refractivity contribution in [3.63, 3.8) is 0 Å². The summed E-state index contributed by atoms with van der Waals surface area (Å²) in [6, 6.07) is 2.34. The first-order valence-corrected chi connectivity index (χ1v) is 15.6. The highest BCUT2D eigenvalue weighted by Gasteiger charge is 2.65. The van der Waals surface area contributed by atoms with Crippen LogP contribution >= 0.6 is 0 Å². The maximum Gasteiger partial charge on any atom is 0.408 e.